The third-order valence-electron chi connectivity index (χ3n) is 5.30. The van der Waals surface area contributed by atoms with Gasteiger partial charge < -0.3 is 14.7 Å². The quantitative estimate of drug-likeness (QED) is 0.614. The molecule has 2 unspecified atom stereocenters. The summed E-state index contributed by atoms with van der Waals surface area (Å²) in [6.45, 7) is 2.91. The van der Waals surface area contributed by atoms with Crippen molar-refractivity contribution >= 4 is 5.78 Å². The van der Waals surface area contributed by atoms with Crippen LogP contribution in [0.15, 0.2) is 60.7 Å². The van der Waals surface area contributed by atoms with E-state index in [0.717, 1.165) is 25.1 Å². The molecular formula is C22H27NO3. The maximum Gasteiger partial charge on any atom is 0.170 e. The fraction of sp³-hybridized carbons (Fsp3) is 0.409. The maximum absolute atomic E-state index is 13.3. The van der Waals surface area contributed by atoms with Crippen molar-refractivity contribution in [1.29, 1.82) is 0 Å². The summed E-state index contributed by atoms with van der Waals surface area (Å²) in [6.07, 6.45) is 1.47. The second-order valence-electron chi connectivity index (χ2n) is 6.97. The van der Waals surface area contributed by atoms with Gasteiger partial charge in [-0.1, -0.05) is 60.7 Å². The van der Waals surface area contributed by atoms with E-state index >= 15 is 0 Å². The molecule has 2 aromatic carbocycles. The number of Topliss-reactive ketones (excluding diaryl/α,β-unsaturated/α-hetero) is 1. The Morgan fingerprint density at radius 2 is 1.81 bits per heavy atom. The minimum atomic E-state index is -1.13. The molecule has 1 heterocycles. The number of nitrogens with zero attached hydrogens (tertiary/aromatic N) is 1. The van der Waals surface area contributed by atoms with Crippen LogP contribution in [0, 0.1) is 5.92 Å². The van der Waals surface area contributed by atoms with Crippen LogP contribution in [0.25, 0.3) is 0 Å². The third-order valence-corrected chi connectivity index (χ3v) is 5.30. The second kappa shape index (κ2) is 8.58. The number of ether oxygens (including phenoxy) is 1. The van der Waals surface area contributed by atoms with E-state index in [-0.39, 0.29) is 5.78 Å². The van der Waals surface area contributed by atoms with E-state index < -0.39 is 11.5 Å². The lowest BCUT2D eigenvalue weighted by molar-refractivity contribution is -0.0648. The molecule has 2 aromatic rings. The zero-order chi connectivity index (χ0) is 18.4. The van der Waals surface area contributed by atoms with Gasteiger partial charge in [0.1, 0.15) is 5.60 Å². The number of carbonyl (C=O) groups excluding carboxylic acids is 1. The zero-order valence-electron chi connectivity index (χ0n) is 15.3. The Morgan fingerprint density at radius 1 is 1.15 bits per heavy atom. The van der Waals surface area contributed by atoms with Crippen LogP contribution < -0.4 is 0 Å². The average Bonchev–Trinajstić information content (AvgIpc) is 2.70. The molecule has 0 amide bonds. The number of carbonyl (C=O) groups is 1. The van der Waals surface area contributed by atoms with Crippen LogP contribution in [0.5, 0.6) is 0 Å². The first kappa shape index (κ1) is 18.8. The number of likely N-dealkylation sites (tertiary alicyclic amines) is 1. The Balaban J connectivity index is 1.87. The third kappa shape index (κ3) is 4.04. The molecule has 0 saturated carbocycles. The molecule has 1 fully saturated rings. The monoisotopic (exact) mass is 353 g/mol. The van der Waals surface area contributed by atoms with Gasteiger partial charge in [0.15, 0.2) is 5.78 Å². The van der Waals surface area contributed by atoms with Crippen molar-refractivity contribution in [3.8, 4) is 0 Å². The van der Waals surface area contributed by atoms with Crippen molar-refractivity contribution in [2.45, 2.75) is 18.4 Å². The number of rotatable bonds is 7. The number of hydrogen-bond acceptors (Lipinski definition) is 4. The summed E-state index contributed by atoms with van der Waals surface area (Å²) in [5.74, 6) is -0.475. The molecule has 4 heteroatoms. The molecule has 1 saturated heterocycles. The maximum atomic E-state index is 13.3. The highest BCUT2D eigenvalue weighted by Crippen LogP contribution is 2.39. The van der Waals surface area contributed by atoms with E-state index in [9.17, 15) is 9.90 Å². The number of benzene rings is 2. The lowest BCUT2D eigenvalue weighted by Crippen LogP contribution is -2.53. The average molecular weight is 353 g/mol. The number of hydrogen-bond donors (Lipinski definition) is 1. The molecule has 0 spiro atoms. The fourth-order valence-electron chi connectivity index (χ4n) is 3.81. The van der Waals surface area contributed by atoms with Crippen molar-refractivity contribution in [2.75, 3.05) is 33.4 Å². The van der Waals surface area contributed by atoms with Crippen LogP contribution in [0.3, 0.4) is 0 Å². The van der Waals surface area contributed by atoms with E-state index in [2.05, 4.69) is 4.90 Å². The molecule has 138 valence electrons. The Labute approximate surface area is 155 Å². The molecule has 0 aliphatic carbocycles. The van der Waals surface area contributed by atoms with Crippen LogP contribution in [0.2, 0.25) is 0 Å². The zero-order valence-corrected chi connectivity index (χ0v) is 15.3. The molecule has 26 heavy (non-hydrogen) atoms. The molecule has 0 bridgehead atoms. The van der Waals surface area contributed by atoms with Gasteiger partial charge in [-0.05, 0) is 18.4 Å². The number of methoxy groups -OCH3 is 1. The van der Waals surface area contributed by atoms with Crippen molar-refractivity contribution in [2.24, 2.45) is 5.92 Å². The Hall–Kier alpha value is -2.01. The molecule has 1 N–H and O–H groups in total. The molecule has 1 aliphatic heterocycles. The highest BCUT2D eigenvalue weighted by molar-refractivity contribution is 5.98. The molecule has 0 radical (unpaired) electrons. The van der Waals surface area contributed by atoms with Gasteiger partial charge in [0, 0.05) is 38.9 Å². The topological polar surface area (TPSA) is 49.8 Å². The Bertz CT molecular complexity index is 704. The summed E-state index contributed by atoms with van der Waals surface area (Å²) < 4.78 is 5.14. The molecule has 1 aliphatic rings. The summed E-state index contributed by atoms with van der Waals surface area (Å²) in [5, 5.41) is 11.6. The van der Waals surface area contributed by atoms with E-state index in [1.54, 1.807) is 7.11 Å². The molecule has 4 nitrogen and oxygen atoms in total. The number of piperidine rings is 1. The smallest absolute Gasteiger partial charge is 0.170 e. The highest BCUT2D eigenvalue weighted by atomic mass is 16.5. The van der Waals surface area contributed by atoms with Crippen LogP contribution in [-0.4, -0.2) is 49.1 Å². The van der Waals surface area contributed by atoms with Crippen LogP contribution in [-0.2, 0) is 10.3 Å². The van der Waals surface area contributed by atoms with Gasteiger partial charge in [0.2, 0.25) is 0 Å². The van der Waals surface area contributed by atoms with Gasteiger partial charge in [-0.15, -0.1) is 0 Å². The van der Waals surface area contributed by atoms with Gasteiger partial charge in [0.05, 0.1) is 5.92 Å². The minimum Gasteiger partial charge on any atom is -0.385 e. The van der Waals surface area contributed by atoms with Gasteiger partial charge in [0.25, 0.3) is 0 Å². The van der Waals surface area contributed by atoms with Crippen molar-refractivity contribution in [3.05, 3.63) is 71.8 Å². The summed E-state index contributed by atoms with van der Waals surface area (Å²) in [5.41, 5.74) is 0.350. The first-order valence-electron chi connectivity index (χ1n) is 9.23. The number of ketones is 1. The lowest BCUT2D eigenvalue weighted by Gasteiger charge is -2.44. The van der Waals surface area contributed by atoms with Crippen molar-refractivity contribution < 1.29 is 14.6 Å². The second-order valence-corrected chi connectivity index (χ2v) is 6.97. The standard InChI is InChI=1S/C22H27NO3/c1-26-16-8-14-23-15-13-22(25,19-11-6-3-7-12-19)20(17-23)21(24)18-9-4-2-5-10-18/h2-7,9-12,20,25H,8,13-17H2,1H3. The first-order chi connectivity index (χ1) is 12.6. The van der Waals surface area contributed by atoms with Gasteiger partial charge in [-0.2, -0.15) is 0 Å². The van der Waals surface area contributed by atoms with Crippen molar-refractivity contribution in [1.82, 2.24) is 4.90 Å². The Kier molecular flexibility index (Phi) is 6.20. The summed E-state index contributed by atoms with van der Waals surface area (Å²) in [4.78, 5) is 15.5. The van der Waals surface area contributed by atoms with Gasteiger partial charge >= 0.3 is 0 Å². The highest BCUT2D eigenvalue weighted by Gasteiger charge is 2.46. The summed E-state index contributed by atoms with van der Waals surface area (Å²) in [6, 6.07) is 18.9. The molecule has 0 aromatic heterocycles. The predicted molar refractivity (Wildman–Crippen MR) is 102 cm³/mol. The molecular weight excluding hydrogens is 326 g/mol. The van der Waals surface area contributed by atoms with E-state index in [1.807, 2.05) is 60.7 Å². The van der Waals surface area contributed by atoms with Crippen molar-refractivity contribution in [3.63, 3.8) is 0 Å². The van der Waals surface area contributed by atoms with Crippen LogP contribution in [0.1, 0.15) is 28.8 Å². The molecule has 2 atom stereocenters. The SMILES string of the molecule is COCCCN1CCC(O)(c2ccccc2)C(C(=O)c2ccccc2)C1. The van der Waals surface area contributed by atoms with E-state index in [1.165, 1.54) is 0 Å². The molecule has 3 rings (SSSR count). The predicted octanol–water partition coefficient (Wildman–Crippen LogP) is 3.12. The van der Waals surface area contributed by atoms with Gasteiger partial charge in [-0.3, -0.25) is 4.79 Å². The largest absolute Gasteiger partial charge is 0.385 e. The van der Waals surface area contributed by atoms with E-state index in [0.29, 0.717) is 25.1 Å². The summed E-state index contributed by atoms with van der Waals surface area (Å²) >= 11 is 0. The van der Waals surface area contributed by atoms with Gasteiger partial charge in [-0.25, -0.2) is 0 Å². The Morgan fingerprint density at radius 3 is 2.46 bits per heavy atom. The normalized spacial score (nSPS) is 23.7. The van der Waals surface area contributed by atoms with E-state index in [4.69, 9.17) is 4.74 Å². The number of aliphatic hydroxyl groups is 1. The first-order valence-corrected chi connectivity index (χ1v) is 9.23. The minimum absolute atomic E-state index is 0.00777. The van der Waals surface area contributed by atoms with Crippen LogP contribution in [0.4, 0.5) is 0 Å². The summed E-state index contributed by atoms with van der Waals surface area (Å²) in [7, 11) is 1.70. The lowest BCUT2D eigenvalue weighted by atomic mass is 9.72. The fourth-order valence-corrected chi connectivity index (χ4v) is 3.81. The van der Waals surface area contributed by atoms with Crippen LogP contribution >= 0.6 is 0 Å².